The summed E-state index contributed by atoms with van der Waals surface area (Å²) in [7, 11) is 0. The van der Waals surface area contributed by atoms with Crippen molar-refractivity contribution < 1.29 is 4.42 Å². The summed E-state index contributed by atoms with van der Waals surface area (Å²) in [5.74, 6) is 2.26. The standard InChI is InChI=1S/C13H13ClN4O/c1-4-9-5-6-10(19-9)12-16-17-13-11(14)15-7(2)8(3)18(12)13/h5-6H,4H2,1-3H3. The van der Waals surface area contributed by atoms with Gasteiger partial charge in [0.15, 0.2) is 16.6 Å². The first kappa shape index (κ1) is 12.2. The van der Waals surface area contributed by atoms with E-state index in [-0.39, 0.29) is 0 Å². The maximum Gasteiger partial charge on any atom is 0.204 e. The van der Waals surface area contributed by atoms with Crippen LogP contribution in [0, 0.1) is 13.8 Å². The Morgan fingerprint density at radius 3 is 2.74 bits per heavy atom. The molecule has 0 N–H and O–H groups in total. The molecule has 3 heterocycles. The predicted octanol–water partition coefficient (Wildman–Crippen LogP) is 3.22. The molecule has 6 heteroatoms. The second-order valence-corrected chi connectivity index (χ2v) is 4.73. The van der Waals surface area contributed by atoms with E-state index in [1.165, 1.54) is 0 Å². The van der Waals surface area contributed by atoms with Crippen LogP contribution in [0.1, 0.15) is 24.1 Å². The molecule has 0 aliphatic heterocycles. The molecular weight excluding hydrogens is 264 g/mol. The maximum atomic E-state index is 6.10. The molecule has 5 nitrogen and oxygen atoms in total. The molecule has 0 aliphatic carbocycles. The van der Waals surface area contributed by atoms with Crippen molar-refractivity contribution in [3.63, 3.8) is 0 Å². The number of hydrogen-bond donors (Lipinski definition) is 0. The van der Waals surface area contributed by atoms with Gasteiger partial charge < -0.3 is 4.42 Å². The molecule has 0 radical (unpaired) electrons. The van der Waals surface area contributed by atoms with Crippen LogP contribution < -0.4 is 0 Å². The van der Waals surface area contributed by atoms with Crippen molar-refractivity contribution in [2.75, 3.05) is 0 Å². The summed E-state index contributed by atoms with van der Waals surface area (Å²) in [5.41, 5.74) is 2.35. The number of aromatic nitrogens is 4. The van der Waals surface area contributed by atoms with E-state index in [1.54, 1.807) is 0 Å². The monoisotopic (exact) mass is 276 g/mol. The van der Waals surface area contributed by atoms with Crippen molar-refractivity contribution in [1.29, 1.82) is 0 Å². The van der Waals surface area contributed by atoms with Crippen molar-refractivity contribution >= 4 is 17.2 Å². The van der Waals surface area contributed by atoms with Crippen molar-refractivity contribution in [3.05, 3.63) is 34.4 Å². The molecule has 3 aromatic heterocycles. The van der Waals surface area contributed by atoms with Crippen LogP contribution in [0.4, 0.5) is 0 Å². The quantitative estimate of drug-likeness (QED) is 0.721. The largest absolute Gasteiger partial charge is 0.458 e. The van der Waals surface area contributed by atoms with Gasteiger partial charge in [-0.3, -0.25) is 4.40 Å². The number of nitrogens with zero attached hydrogens (tertiary/aromatic N) is 4. The smallest absolute Gasteiger partial charge is 0.204 e. The summed E-state index contributed by atoms with van der Waals surface area (Å²) in [6, 6.07) is 3.85. The molecule has 0 atom stereocenters. The number of aryl methyl sites for hydroxylation is 3. The molecule has 0 saturated heterocycles. The van der Waals surface area contributed by atoms with E-state index < -0.39 is 0 Å². The highest BCUT2D eigenvalue weighted by atomic mass is 35.5. The van der Waals surface area contributed by atoms with Gasteiger partial charge in [-0.05, 0) is 26.0 Å². The molecule has 98 valence electrons. The lowest BCUT2D eigenvalue weighted by atomic mass is 10.3. The molecule has 3 aromatic rings. The van der Waals surface area contributed by atoms with E-state index in [1.807, 2.05) is 37.3 Å². The van der Waals surface area contributed by atoms with Gasteiger partial charge in [0.25, 0.3) is 0 Å². The Kier molecular flexibility index (Phi) is 2.78. The molecule has 3 rings (SSSR count). The highest BCUT2D eigenvalue weighted by Gasteiger charge is 2.17. The molecule has 0 unspecified atom stereocenters. The van der Waals surface area contributed by atoms with Gasteiger partial charge >= 0.3 is 0 Å². The van der Waals surface area contributed by atoms with Gasteiger partial charge in [0.1, 0.15) is 5.76 Å². The van der Waals surface area contributed by atoms with Gasteiger partial charge in [0.05, 0.1) is 5.69 Å². The normalized spacial score (nSPS) is 11.4. The van der Waals surface area contributed by atoms with Crippen LogP contribution in [0.15, 0.2) is 16.5 Å². The van der Waals surface area contributed by atoms with Crippen LogP contribution >= 0.6 is 11.6 Å². The molecule has 0 amide bonds. The summed E-state index contributed by atoms with van der Waals surface area (Å²) in [6.45, 7) is 5.91. The topological polar surface area (TPSA) is 56.2 Å². The summed E-state index contributed by atoms with van der Waals surface area (Å²) < 4.78 is 7.61. The second kappa shape index (κ2) is 4.35. The Morgan fingerprint density at radius 1 is 1.26 bits per heavy atom. The number of fused-ring (bicyclic) bond motifs is 1. The third-order valence-corrected chi connectivity index (χ3v) is 3.46. The van der Waals surface area contributed by atoms with Gasteiger partial charge in [0.2, 0.25) is 5.82 Å². The molecular formula is C13H13ClN4O. The Hall–Kier alpha value is -1.88. The molecule has 0 aliphatic rings. The van der Waals surface area contributed by atoms with Crippen molar-refractivity contribution in [3.8, 4) is 11.6 Å². The van der Waals surface area contributed by atoms with Gasteiger partial charge in [-0.2, -0.15) is 0 Å². The molecule has 0 fully saturated rings. The Morgan fingerprint density at radius 2 is 2.05 bits per heavy atom. The first-order chi connectivity index (χ1) is 9.11. The number of halogens is 1. The van der Waals surface area contributed by atoms with Gasteiger partial charge in [-0.25, -0.2) is 4.98 Å². The Bertz CT molecular complexity index is 759. The predicted molar refractivity (Wildman–Crippen MR) is 72.3 cm³/mol. The zero-order valence-corrected chi connectivity index (χ0v) is 11.7. The maximum absolute atomic E-state index is 6.10. The molecule has 0 aromatic carbocycles. The van der Waals surface area contributed by atoms with E-state index in [9.17, 15) is 0 Å². The molecule has 0 saturated carbocycles. The lowest BCUT2D eigenvalue weighted by molar-refractivity contribution is 0.524. The Balaban J connectivity index is 2.30. The van der Waals surface area contributed by atoms with E-state index >= 15 is 0 Å². The summed E-state index contributed by atoms with van der Waals surface area (Å²) >= 11 is 6.10. The minimum absolute atomic E-state index is 0.351. The second-order valence-electron chi connectivity index (χ2n) is 4.38. The number of hydrogen-bond acceptors (Lipinski definition) is 4. The molecule has 0 bridgehead atoms. The van der Waals surface area contributed by atoms with Crippen LogP contribution in [-0.2, 0) is 6.42 Å². The van der Waals surface area contributed by atoms with Crippen LogP contribution in [0.3, 0.4) is 0 Å². The summed E-state index contributed by atoms with van der Waals surface area (Å²) in [5, 5.41) is 8.61. The third kappa shape index (κ3) is 1.81. The Labute approximate surface area is 115 Å². The lowest BCUT2D eigenvalue weighted by Gasteiger charge is -2.05. The summed E-state index contributed by atoms with van der Waals surface area (Å²) in [6.07, 6.45) is 0.844. The fraction of sp³-hybridized carbons (Fsp3) is 0.308. The van der Waals surface area contributed by atoms with E-state index in [2.05, 4.69) is 15.2 Å². The fourth-order valence-electron chi connectivity index (χ4n) is 2.02. The van der Waals surface area contributed by atoms with Gasteiger partial charge in [-0.1, -0.05) is 18.5 Å². The fourth-order valence-corrected chi connectivity index (χ4v) is 2.27. The van der Waals surface area contributed by atoms with Crippen molar-refractivity contribution in [2.24, 2.45) is 0 Å². The van der Waals surface area contributed by atoms with Crippen LogP contribution in [0.2, 0.25) is 5.15 Å². The highest BCUT2D eigenvalue weighted by molar-refractivity contribution is 6.32. The first-order valence-corrected chi connectivity index (χ1v) is 6.46. The SMILES string of the molecule is CCc1ccc(-c2nnc3c(Cl)nc(C)c(C)n23)o1. The van der Waals surface area contributed by atoms with Gasteiger partial charge in [0, 0.05) is 12.1 Å². The van der Waals surface area contributed by atoms with Crippen LogP contribution in [-0.4, -0.2) is 19.6 Å². The number of rotatable bonds is 2. The average Bonchev–Trinajstić information content (AvgIpc) is 3.02. The molecule has 0 spiro atoms. The lowest BCUT2D eigenvalue weighted by Crippen LogP contribution is -2.00. The van der Waals surface area contributed by atoms with Gasteiger partial charge in [-0.15, -0.1) is 10.2 Å². The minimum atomic E-state index is 0.351. The highest BCUT2D eigenvalue weighted by Crippen LogP contribution is 2.25. The zero-order chi connectivity index (χ0) is 13.6. The van der Waals surface area contributed by atoms with Crippen LogP contribution in [0.5, 0.6) is 0 Å². The van der Waals surface area contributed by atoms with Crippen LogP contribution in [0.25, 0.3) is 17.2 Å². The number of furan rings is 1. The van der Waals surface area contributed by atoms with Crippen molar-refractivity contribution in [1.82, 2.24) is 19.6 Å². The average molecular weight is 277 g/mol. The summed E-state index contributed by atoms with van der Waals surface area (Å²) in [4.78, 5) is 4.24. The molecule has 19 heavy (non-hydrogen) atoms. The van der Waals surface area contributed by atoms with Crippen molar-refractivity contribution in [2.45, 2.75) is 27.2 Å². The van der Waals surface area contributed by atoms with E-state index in [0.717, 1.165) is 23.6 Å². The van der Waals surface area contributed by atoms with E-state index in [4.69, 9.17) is 16.0 Å². The first-order valence-electron chi connectivity index (χ1n) is 6.08. The minimum Gasteiger partial charge on any atom is -0.458 e. The van der Waals surface area contributed by atoms with E-state index in [0.29, 0.717) is 22.4 Å². The zero-order valence-electron chi connectivity index (χ0n) is 10.9. The third-order valence-electron chi connectivity index (χ3n) is 3.20.